The molecule has 6 nitrogen and oxygen atoms in total. The van der Waals surface area contributed by atoms with Gasteiger partial charge in [0.25, 0.3) is 11.8 Å². The summed E-state index contributed by atoms with van der Waals surface area (Å²) in [7, 11) is 0. The normalized spacial score (nSPS) is 13.3. The molecule has 0 fully saturated rings. The minimum atomic E-state index is -0.424. The minimum absolute atomic E-state index is 0.272. The lowest BCUT2D eigenvalue weighted by molar-refractivity contribution is -0.121. The van der Waals surface area contributed by atoms with Gasteiger partial charge in [0.15, 0.2) is 0 Å². The third-order valence-electron chi connectivity index (χ3n) is 4.18. The molecule has 1 aliphatic rings. The van der Waals surface area contributed by atoms with E-state index in [0.717, 1.165) is 20.1 Å². The summed E-state index contributed by atoms with van der Waals surface area (Å²) in [6, 6.07) is 14.5. The van der Waals surface area contributed by atoms with Crippen LogP contribution in [0.25, 0.3) is 10.2 Å². The number of imide groups is 1. The molecule has 0 bridgehead atoms. The average molecular weight is 365 g/mol. The van der Waals surface area contributed by atoms with E-state index in [2.05, 4.69) is 10.3 Å². The van der Waals surface area contributed by atoms with E-state index < -0.39 is 11.8 Å². The molecule has 0 unspecified atom stereocenters. The van der Waals surface area contributed by atoms with E-state index in [1.54, 1.807) is 35.6 Å². The smallest absolute Gasteiger partial charge is 0.262 e. The molecule has 0 saturated heterocycles. The molecule has 0 aliphatic carbocycles. The molecule has 0 saturated carbocycles. The summed E-state index contributed by atoms with van der Waals surface area (Å²) in [5, 5.41) is 3.69. The summed E-state index contributed by atoms with van der Waals surface area (Å²) >= 11 is 1.59. The molecule has 2 heterocycles. The number of thiazole rings is 1. The number of para-hydroxylation sites is 1. The van der Waals surface area contributed by atoms with E-state index in [1.807, 2.05) is 24.3 Å². The van der Waals surface area contributed by atoms with Crippen molar-refractivity contribution in [1.29, 1.82) is 0 Å². The van der Waals surface area contributed by atoms with Gasteiger partial charge < -0.3 is 5.32 Å². The highest BCUT2D eigenvalue weighted by atomic mass is 32.1. The first-order valence-corrected chi connectivity index (χ1v) is 9.01. The predicted octanol–water partition coefficient (Wildman–Crippen LogP) is 2.25. The highest BCUT2D eigenvalue weighted by molar-refractivity contribution is 7.18. The first-order valence-electron chi connectivity index (χ1n) is 8.20. The zero-order chi connectivity index (χ0) is 18.1. The van der Waals surface area contributed by atoms with Crippen LogP contribution in [0, 0.1) is 0 Å². The second kappa shape index (κ2) is 6.68. The zero-order valence-corrected chi connectivity index (χ0v) is 14.6. The number of aromatic nitrogens is 1. The number of nitrogens with one attached hydrogen (secondary N) is 1. The number of rotatable bonds is 5. The fourth-order valence-corrected chi connectivity index (χ4v) is 3.88. The molecule has 4 rings (SSSR count). The molecular weight excluding hydrogens is 350 g/mol. The van der Waals surface area contributed by atoms with Gasteiger partial charge in [0.2, 0.25) is 5.91 Å². The van der Waals surface area contributed by atoms with Gasteiger partial charge in [-0.2, -0.15) is 0 Å². The van der Waals surface area contributed by atoms with Crippen LogP contribution in [-0.4, -0.2) is 40.7 Å². The Bertz CT molecular complexity index is 960. The number of amides is 3. The average Bonchev–Trinajstić information content (AvgIpc) is 3.16. The number of carbonyl (C=O) groups is 3. The Morgan fingerprint density at radius 3 is 2.35 bits per heavy atom. The summed E-state index contributed by atoms with van der Waals surface area (Å²) in [4.78, 5) is 42.1. The second-order valence-electron chi connectivity index (χ2n) is 5.92. The van der Waals surface area contributed by atoms with Crippen LogP contribution in [-0.2, 0) is 11.2 Å². The van der Waals surface area contributed by atoms with E-state index in [0.29, 0.717) is 24.1 Å². The van der Waals surface area contributed by atoms with Crippen molar-refractivity contribution in [1.82, 2.24) is 15.2 Å². The standard InChI is InChI=1S/C19H15N3O3S/c23-16(11-22-18(24)12-5-1-2-6-13(12)19(22)25)20-10-9-17-21-14-7-3-4-8-15(14)26-17/h1-8H,9-11H2,(H,20,23). The van der Waals surface area contributed by atoms with Gasteiger partial charge in [0, 0.05) is 13.0 Å². The van der Waals surface area contributed by atoms with Gasteiger partial charge >= 0.3 is 0 Å². The SMILES string of the molecule is O=C(CN1C(=O)c2ccccc2C1=O)NCCc1nc2ccccc2s1. The fraction of sp³-hybridized carbons (Fsp3) is 0.158. The van der Waals surface area contributed by atoms with E-state index in [-0.39, 0.29) is 12.5 Å². The molecule has 26 heavy (non-hydrogen) atoms. The van der Waals surface area contributed by atoms with Gasteiger partial charge in [0.05, 0.1) is 26.4 Å². The molecule has 3 aromatic rings. The summed E-state index contributed by atoms with van der Waals surface area (Å²) < 4.78 is 1.11. The zero-order valence-electron chi connectivity index (χ0n) is 13.8. The Labute approximate surface area is 153 Å². The van der Waals surface area contributed by atoms with E-state index in [4.69, 9.17) is 0 Å². The first-order chi connectivity index (χ1) is 12.6. The van der Waals surface area contributed by atoms with Crippen LogP contribution < -0.4 is 5.32 Å². The quantitative estimate of drug-likeness (QED) is 0.704. The van der Waals surface area contributed by atoms with Gasteiger partial charge in [-0.05, 0) is 24.3 Å². The van der Waals surface area contributed by atoms with Crippen LogP contribution in [0.5, 0.6) is 0 Å². The third kappa shape index (κ3) is 2.97. The maximum absolute atomic E-state index is 12.3. The van der Waals surface area contributed by atoms with Crippen LogP contribution in [0.4, 0.5) is 0 Å². The summed E-state index contributed by atoms with van der Waals surface area (Å²) in [5.74, 6) is -1.21. The number of hydrogen-bond donors (Lipinski definition) is 1. The molecule has 7 heteroatoms. The summed E-state index contributed by atoms with van der Waals surface area (Å²) in [6.45, 7) is 0.133. The highest BCUT2D eigenvalue weighted by Crippen LogP contribution is 2.22. The Morgan fingerprint density at radius 2 is 1.65 bits per heavy atom. The molecule has 1 aliphatic heterocycles. The third-order valence-corrected chi connectivity index (χ3v) is 5.28. The van der Waals surface area contributed by atoms with E-state index in [1.165, 1.54) is 0 Å². The van der Waals surface area contributed by atoms with Crippen molar-refractivity contribution in [3.8, 4) is 0 Å². The number of fused-ring (bicyclic) bond motifs is 2. The van der Waals surface area contributed by atoms with Crippen molar-refractivity contribution in [3.05, 3.63) is 64.7 Å². The lowest BCUT2D eigenvalue weighted by Gasteiger charge is -2.13. The van der Waals surface area contributed by atoms with Crippen LogP contribution >= 0.6 is 11.3 Å². The van der Waals surface area contributed by atoms with Crippen molar-refractivity contribution in [2.75, 3.05) is 13.1 Å². The van der Waals surface area contributed by atoms with Crippen molar-refractivity contribution >= 4 is 39.3 Å². The Kier molecular flexibility index (Phi) is 4.22. The second-order valence-corrected chi connectivity index (χ2v) is 7.03. The molecule has 1 aromatic heterocycles. The predicted molar refractivity (Wildman–Crippen MR) is 98.1 cm³/mol. The van der Waals surface area contributed by atoms with Gasteiger partial charge in [-0.3, -0.25) is 19.3 Å². The van der Waals surface area contributed by atoms with Crippen molar-refractivity contribution in [2.45, 2.75) is 6.42 Å². The van der Waals surface area contributed by atoms with Crippen molar-refractivity contribution < 1.29 is 14.4 Å². The summed E-state index contributed by atoms with van der Waals surface area (Å²) in [5.41, 5.74) is 1.64. The molecule has 2 aromatic carbocycles. The Hall–Kier alpha value is -3.06. The molecular formula is C19H15N3O3S. The molecule has 130 valence electrons. The van der Waals surface area contributed by atoms with Gasteiger partial charge in [-0.1, -0.05) is 24.3 Å². The maximum atomic E-state index is 12.3. The van der Waals surface area contributed by atoms with Crippen LogP contribution in [0.1, 0.15) is 25.7 Å². The van der Waals surface area contributed by atoms with Crippen LogP contribution in [0.3, 0.4) is 0 Å². The van der Waals surface area contributed by atoms with E-state index in [9.17, 15) is 14.4 Å². The van der Waals surface area contributed by atoms with Crippen molar-refractivity contribution in [2.24, 2.45) is 0 Å². The van der Waals surface area contributed by atoms with Gasteiger partial charge in [-0.15, -0.1) is 11.3 Å². The summed E-state index contributed by atoms with van der Waals surface area (Å²) in [6.07, 6.45) is 0.604. The molecule has 0 radical (unpaired) electrons. The first kappa shape index (κ1) is 16.4. The molecule has 1 N–H and O–H groups in total. The van der Waals surface area contributed by atoms with Gasteiger partial charge in [-0.25, -0.2) is 4.98 Å². The monoisotopic (exact) mass is 365 g/mol. The largest absolute Gasteiger partial charge is 0.354 e. The van der Waals surface area contributed by atoms with E-state index >= 15 is 0 Å². The number of hydrogen-bond acceptors (Lipinski definition) is 5. The minimum Gasteiger partial charge on any atom is -0.354 e. The number of benzene rings is 2. The molecule has 0 spiro atoms. The Balaban J connectivity index is 1.33. The van der Waals surface area contributed by atoms with Gasteiger partial charge in [0.1, 0.15) is 6.54 Å². The fourth-order valence-electron chi connectivity index (χ4n) is 2.92. The lowest BCUT2D eigenvalue weighted by Crippen LogP contribution is -2.40. The molecule has 3 amide bonds. The molecule has 0 atom stereocenters. The van der Waals surface area contributed by atoms with Crippen LogP contribution in [0.2, 0.25) is 0 Å². The maximum Gasteiger partial charge on any atom is 0.262 e. The lowest BCUT2D eigenvalue weighted by atomic mass is 10.1. The van der Waals surface area contributed by atoms with Crippen LogP contribution in [0.15, 0.2) is 48.5 Å². The van der Waals surface area contributed by atoms with Crippen molar-refractivity contribution in [3.63, 3.8) is 0 Å². The topological polar surface area (TPSA) is 79.4 Å². The Morgan fingerprint density at radius 1 is 1.00 bits per heavy atom. The number of nitrogens with zero attached hydrogens (tertiary/aromatic N) is 2. The highest BCUT2D eigenvalue weighted by Gasteiger charge is 2.36. The number of carbonyl (C=O) groups excluding carboxylic acids is 3.